The number of hydrogen-bond donors (Lipinski definition) is 6. The molecule has 0 aromatic heterocycles. The van der Waals surface area contributed by atoms with Crippen molar-refractivity contribution in [3.8, 4) is 34.1 Å². The summed E-state index contributed by atoms with van der Waals surface area (Å²) >= 11 is 0. The van der Waals surface area contributed by atoms with Gasteiger partial charge in [-0.25, -0.2) is 0 Å². The highest BCUT2D eigenvalue weighted by atomic mass is 16.3. The predicted molar refractivity (Wildman–Crippen MR) is 122 cm³/mol. The van der Waals surface area contributed by atoms with Crippen molar-refractivity contribution in [1.29, 1.82) is 0 Å². The first-order valence-electron chi connectivity index (χ1n) is 10.5. The summed E-state index contributed by atoms with van der Waals surface area (Å²) in [6, 6.07) is 21.4. The van der Waals surface area contributed by atoms with E-state index in [1.54, 1.807) is 12.1 Å². The molecule has 6 nitrogen and oxygen atoms in total. The van der Waals surface area contributed by atoms with Gasteiger partial charge in [0.1, 0.15) is 0 Å². The van der Waals surface area contributed by atoms with Crippen molar-refractivity contribution in [3.05, 3.63) is 106 Å². The first-order valence-corrected chi connectivity index (χ1v) is 10.5. The van der Waals surface area contributed by atoms with Gasteiger partial charge >= 0.3 is 0 Å². The maximum atomic E-state index is 11.2. The molecule has 0 heterocycles. The summed E-state index contributed by atoms with van der Waals surface area (Å²) in [5.74, 6) is -1.77. The van der Waals surface area contributed by atoms with Gasteiger partial charge in [-0.2, -0.15) is 0 Å². The number of benzene rings is 4. The van der Waals surface area contributed by atoms with Crippen molar-refractivity contribution in [1.82, 2.24) is 0 Å². The molecule has 0 radical (unpaired) electrons. The van der Waals surface area contributed by atoms with E-state index in [2.05, 4.69) is 0 Å². The first-order chi connectivity index (χ1) is 16.0. The number of aliphatic hydroxyl groups excluding tert-OH is 2. The Morgan fingerprint density at radius 2 is 0.848 bits per heavy atom. The Balaban J connectivity index is 2.00. The van der Waals surface area contributed by atoms with Crippen molar-refractivity contribution < 1.29 is 30.6 Å². The second-order valence-corrected chi connectivity index (χ2v) is 8.10. The van der Waals surface area contributed by atoms with E-state index < -0.39 is 41.6 Å². The third kappa shape index (κ3) is 2.68. The molecule has 0 aliphatic heterocycles. The van der Waals surface area contributed by atoms with Crippen molar-refractivity contribution in [3.63, 3.8) is 0 Å². The lowest BCUT2D eigenvalue weighted by atomic mass is 9.66. The third-order valence-corrected chi connectivity index (χ3v) is 6.57. The molecular formula is C27H22O6. The van der Waals surface area contributed by atoms with Crippen molar-refractivity contribution in [2.45, 2.75) is 18.6 Å². The summed E-state index contributed by atoms with van der Waals surface area (Å²) in [5.41, 5.74) is 2.82. The summed E-state index contributed by atoms with van der Waals surface area (Å²) in [6.07, 6.45) is 0. The summed E-state index contributed by atoms with van der Waals surface area (Å²) in [7, 11) is 0. The number of phenols is 4. The van der Waals surface area contributed by atoms with Gasteiger partial charge in [-0.3, -0.25) is 0 Å². The van der Waals surface area contributed by atoms with Crippen LogP contribution < -0.4 is 0 Å². The lowest BCUT2D eigenvalue weighted by Crippen LogP contribution is -2.29. The molecule has 0 fully saturated rings. The van der Waals surface area contributed by atoms with E-state index in [9.17, 15) is 30.6 Å². The third-order valence-electron chi connectivity index (χ3n) is 6.57. The molecule has 4 aromatic rings. The molecule has 33 heavy (non-hydrogen) atoms. The van der Waals surface area contributed by atoms with E-state index in [1.165, 1.54) is 12.1 Å². The molecule has 0 saturated carbocycles. The zero-order chi connectivity index (χ0) is 23.3. The van der Waals surface area contributed by atoms with Crippen LogP contribution in [-0.4, -0.2) is 30.6 Å². The Bertz CT molecular complexity index is 1280. The summed E-state index contributed by atoms with van der Waals surface area (Å²) in [6.45, 7) is -0.922. The van der Waals surface area contributed by atoms with Crippen LogP contribution in [-0.2, 0) is 18.6 Å². The SMILES string of the molecule is OCc1ccc(C2(c3ccc(CO)c(O)c3O)c3ccccc3-c3ccccc32)c(O)c1O. The van der Waals surface area contributed by atoms with E-state index >= 15 is 0 Å². The van der Waals surface area contributed by atoms with E-state index in [4.69, 9.17) is 0 Å². The van der Waals surface area contributed by atoms with Gasteiger partial charge in [-0.05, 0) is 22.3 Å². The molecule has 0 saturated heterocycles. The number of rotatable bonds is 4. The van der Waals surface area contributed by atoms with Gasteiger partial charge in [0.25, 0.3) is 0 Å². The smallest absolute Gasteiger partial charge is 0.163 e. The number of aliphatic hydroxyl groups is 2. The topological polar surface area (TPSA) is 121 Å². The molecule has 4 aromatic carbocycles. The highest BCUT2D eigenvalue weighted by molar-refractivity contribution is 5.88. The molecule has 6 heteroatoms. The molecule has 0 spiro atoms. The average Bonchev–Trinajstić information content (AvgIpc) is 3.14. The molecule has 6 N–H and O–H groups in total. The van der Waals surface area contributed by atoms with Crippen LogP contribution in [0.25, 0.3) is 11.1 Å². The quantitative estimate of drug-likeness (QED) is 0.235. The number of aromatic hydroxyl groups is 4. The lowest BCUT2D eigenvalue weighted by Gasteiger charge is -2.35. The molecule has 0 amide bonds. The standard InChI is InChI=1S/C27H22O6/c28-13-15-9-11-21(25(32)23(15)30)27(22-12-10-16(14-29)24(31)26(22)33)19-7-3-1-5-17(19)18-6-2-4-8-20(18)27/h1-12,28-33H,13-14H2. The van der Waals surface area contributed by atoms with Gasteiger partial charge in [0.2, 0.25) is 0 Å². The molecule has 1 aliphatic carbocycles. The molecule has 5 rings (SSSR count). The number of fused-ring (bicyclic) bond motifs is 3. The van der Waals surface area contributed by atoms with Crippen LogP contribution in [0.2, 0.25) is 0 Å². The second kappa shape index (κ2) is 7.55. The zero-order valence-electron chi connectivity index (χ0n) is 17.5. The van der Waals surface area contributed by atoms with Crippen molar-refractivity contribution >= 4 is 0 Å². The van der Waals surface area contributed by atoms with Gasteiger partial charge in [0.05, 0.1) is 18.6 Å². The number of phenolic OH excluding ortho intramolecular Hbond substituents is 2. The second-order valence-electron chi connectivity index (χ2n) is 8.10. The van der Waals surface area contributed by atoms with Crippen molar-refractivity contribution in [2.24, 2.45) is 0 Å². The van der Waals surface area contributed by atoms with Gasteiger partial charge in [-0.15, -0.1) is 0 Å². The van der Waals surface area contributed by atoms with Crippen LogP contribution in [0.4, 0.5) is 0 Å². The van der Waals surface area contributed by atoms with Gasteiger partial charge < -0.3 is 30.6 Å². The largest absolute Gasteiger partial charge is 0.504 e. The summed E-state index contributed by atoms with van der Waals surface area (Å²) in [4.78, 5) is 0. The van der Waals surface area contributed by atoms with E-state index in [-0.39, 0.29) is 22.3 Å². The molecule has 0 atom stereocenters. The fraction of sp³-hybridized carbons (Fsp3) is 0.111. The Kier molecular flexibility index (Phi) is 4.78. The van der Waals surface area contributed by atoms with Crippen LogP contribution in [0.3, 0.4) is 0 Å². The van der Waals surface area contributed by atoms with Crippen molar-refractivity contribution in [2.75, 3.05) is 0 Å². The van der Waals surface area contributed by atoms with Crippen LogP contribution in [0.5, 0.6) is 23.0 Å². The Labute approximate surface area is 189 Å². The molecule has 0 bridgehead atoms. The Hall–Kier alpha value is -4.00. The maximum Gasteiger partial charge on any atom is 0.163 e. The van der Waals surface area contributed by atoms with Gasteiger partial charge in [-0.1, -0.05) is 72.8 Å². The fourth-order valence-electron chi connectivity index (χ4n) is 5.06. The summed E-state index contributed by atoms with van der Waals surface area (Å²) < 4.78 is 0. The molecular weight excluding hydrogens is 420 g/mol. The molecule has 1 aliphatic rings. The summed E-state index contributed by atoms with van der Waals surface area (Å²) in [5, 5.41) is 62.8. The van der Waals surface area contributed by atoms with E-state index in [0.717, 1.165) is 22.3 Å². The Morgan fingerprint density at radius 3 is 1.24 bits per heavy atom. The highest BCUT2D eigenvalue weighted by Gasteiger charge is 2.49. The minimum atomic E-state index is -1.29. The first kappa shape index (κ1) is 20.9. The average molecular weight is 442 g/mol. The lowest BCUT2D eigenvalue weighted by molar-refractivity contribution is 0.272. The minimum absolute atomic E-state index is 0.161. The molecule has 166 valence electrons. The molecule has 0 unspecified atom stereocenters. The Morgan fingerprint density at radius 1 is 0.455 bits per heavy atom. The predicted octanol–water partition coefficient (Wildman–Crippen LogP) is 3.86. The van der Waals surface area contributed by atoms with Crippen LogP contribution in [0.1, 0.15) is 33.4 Å². The van der Waals surface area contributed by atoms with Crippen LogP contribution >= 0.6 is 0 Å². The van der Waals surface area contributed by atoms with Gasteiger partial charge in [0.15, 0.2) is 23.0 Å². The van der Waals surface area contributed by atoms with E-state index in [0.29, 0.717) is 0 Å². The van der Waals surface area contributed by atoms with Gasteiger partial charge in [0, 0.05) is 22.3 Å². The maximum absolute atomic E-state index is 11.2. The zero-order valence-corrected chi connectivity index (χ0v) is 17.5. The number of hydrogen-bond acceptors (Lipinski definition) is 6. The van der Waals surface area contributed by atoms with E-state index in [1.807, 2.05) is 48.5 Å². The fourth-order valence-corrected chi connectivity index (χ4v) is 5.06. The highest BCUT2D eigenvalue weighted by Crippen LogP contribution is 2.61. The normalized spacial score (nSPS) is 13.5. The van der Waals surface area contributed by atoms with Crippen LogP contribution in [0.15, 0.2) is 72.8 Å². The minimum Gasteiger partial charge on any atom is -0.504 e. The monoisotopic (exact) mass is 442 g/mol. The van der Waals surface area contributed by atoms with Crippen LogP contribution in [0, 0.1) is 0 Å².